The van der Waals surface area contributed by atoms with E-state index in [-0.39, 0.29) is 28.5 Å². The Morgan fingerprint density at radius 1 is 1.06 bits per heavy atom. The van der Waals surface area contributed by atoms with Gasteiger partial charge < -0.3 is 4.74 Å². The Balaban J connectivity index is 2.11. The van der Waals surface area contributed by atoms with Crippen LogP contribution in [-0.4, -0.2) is 74.2 Å². The molecule has 10 nitrogen and oxygen atoms in total. The van der Waals surface area contributed by atoms with Gasteiger partial charge in [-0.1, -0.05) is 6.92 Å². The Morgan fingerprint density at radius 2 is 1.74 bits per heavy atom. The maximum Gasteiger partial charge on any atom is 0.456 e. The van der Waals surface area contributed by atoms with Crippen LogP contribution < -0.4 is 4.74 Å². The molecule has 0 saturated heterocycles. The normalized spacial score (nSPS) is 13.3. The first-order chi connectivity index (χ1) is 15.6. The predicted octanol–water partition coefficient (Wildman–Crippen LogP) is 2.92. The van der Waals surface area contributed by atoms with Crippen molar-refractivity contribution < 1.29 is 39.3 Å². The van der Waals surface area contributed by atoms with E-state index >= 15 is 0 Å². The van der Waals surface area contributed by atoms with Crippen molar-refractivity contribution in [3.05, 3.63) is 24.7 Å². The molecule has 0 spiro atoms. The van der Waals surface area contributed by atoms with Crippen LogP contribution in [0.1, 0.15) is 6.92 Å². The average molecular weight is 528 g/mol. The van der Waals surface area contributed by atoms with Crippen LogP contribution in [0.2, 0.25) is 0 Å². The highest BCUT2D eigenvalue weighted by Gasteiger charge is 2.58. The number of fused-ring (bicyclic) bond motifs is 1. The largest absolute Gasteiger partial charge is 0.470 e. The van der Waals surface area contributed by atoms with E-state index in [1.807, 2.05) is 0 Å². The Hall–Kier alpha value is -2.95. The summed E-state index contributed by atoms with van der Waals surface area (Å²) in [4.78, 5) is 11.6. The van der Waals surface area contributed by atoms with E-state index in [0.717, 1.165) is 16.9 Å². The molecule has 0 aliphatic rings. The van der Waals surface area contributed by atoms with Gasteiger partial charge in [0.25, 0.3) is 0 Å². The van der Waals surface area contributed by atoms with Crippen molar-refractivity contribution in [1.82, 2.24) is 24.6 Å². The summed E-state index contributed by atoms with van der Waals surface area (Å²) in [6.07, 6.45) is -0.139. The monoisotopic (exact) mass is 528 g/mol. The molecule has 3 heterocycles. The molecule has 3 aromatic heterocycles. The topological polar surface area (TPSA) is 129 Å². The van der Waals surface area contributed by atoms with Gasteiger partial charge in [0.2, 0.25) is 5.88 Å². The summed E-state index contributed by atoms with van der Waals surface area (Å²) in [5.41, 5.74) is -0.281. The molecule has 0 fully saturated rings. The molecule has 3 rings (SSSR count). The highest BCUT2D eigenvalue weighted by Crippen LogP contribution is 2.36. The number of nitrogens with zero attached hydrogens (tertiary/aromatic N) is 6. The number of sulfone groups is 1. The van der Waals surface area contributed by atoms with Gasteiger partial charge in [-0.3, -0.25) is 0 Å². The Bertz CT molecular complexity index is 1440. The van der Waals surface area contributed by atoms with Crippen LogP contribution in [0.5, 0.6) is 5.88 Å². The molecular formula is C17H17F5N6O4S2. The number of hydrogen-bond acceptors (Lipinski definition) is 9. The summed E-state index contributed by atoms with van der Waals surface area (Å²) in [7, 11) is -6.62. The quantitative estimate of drug-likeness (QED) is 0.428. The zero-order chi connectivity index (χ0) is 25.5. The third-order valence-corrected chi connectivity index (χ3v) is 6.42. The van der Waals surface area contributed by atoms with Crippen molar-refractivity contribution in [2.75, 3.05) is 24.9 Å². The van der Waals surface area contributed by atoms with Crippen LogP contribution in [0, 0.1) is 0 Å². The van der Waals surface area contributed by atoms with E-state index in [2.05, 4.69) is 29.2 Å². The first-order valence-corrected chi connectivity index (χ1v) is 13.2. The van der Waals surface area contributed by atoms with Gasteiger partial charge in [0.05, 0.1) is 29.4 Å². The predicted molar refractivity (Wildman–Crippen MR) is 110 cm³/mol. The van der Waals surface area contributed by atoms with Gasteiger partial charge in [0, 0.05) is 34.5 Å². The van der Waals surface area contributed by atoms with E-state index in [0.29, 0.717) is 0 Å². The second-order valence-corrected chi connectivity index (χ2v) is 11.9. The second-order valence-electron chi connectivity index (χ2n) is 7.13. The number of alkyl halides is 5. The first kappa shape index (κ1) is 25.7. The molecule has 0 bridgehead atoms. The molecule has 0 amide bonds. The molecule has 186 valence electrons. The third kappa shape index (κ3) is 5.24. The minimum atomic E-state index is -5.81. The van der Waals surface area contributed by atoms with Crippen molar-refractivity contribution in [3.63, 3.8) is 0 Å². The van der Waals surface area contributed by atoms with E-state index in [1.54, 1.807) is 0 Å². The lowest BCUT2D eigenvalue weighted by molar-refractivity contribution is -0.290. The molecule has 0 N–H and O–H groups in total. The van der Waals surface area contributed by atoms with Crippen molar-refractivity contribution >= 4 is 31.0 Å². The zero-order valence-electron chi connectivity index (χ0n) is 17.7. The third-order valence-electron chi connectivity index (χ3n) is 4.15. The fraction of sp³-hybridized carbons (Fsp3) is 0.412. The molecule has 0 aromatic carbocycles. The summed E-state index contributed by atoms with van der Waals surface area (Å²) in [6.45, 7) is -0.646. The Morgan fingerprint density at radius 3 is 2.26 bits per heavy atom. The molecule has 0 aliphatic heterocycles. The van der Waals surface area contributed by atoms with Gasteiger partial charge in [0.1, 0.15) is 0 Å². The standard InChI is InChI=1S/C17H17F5N6O4S2/c1-4-34(30,31)15-13(14-23-6-5-11(28(14)26-15)27-33(2,3)29)10-7-25-12(8-24-10)32-9-16(18,19)17(20,21)22/h5-8H,4,9H2,1-3H3. The van der Waals surface area contributed by atoms with E-state index in [9.17, 15) is 34.6 Å². The maximum absolute atomic E-state index is 13.1. The molecule has 3 aromatic rings. The van der Waals surface area contributed by atoms with Crippen molar-refractivity contribution in [2.24, 2.45) is 4.36 Å². The number of rotatable bonds is 7. The van der Waals surface area contributed by atoms with Crippen LogP contribution in [0.15, 0.2) is 34.0 Å². The first-order valence-electron chi connectivity index (χ1n) is 9.23. The van der Waals surface area contributed by atoms with Gasteiger partial charge in [-0.25, -0.2) is 27.6 Å². The summed E-state index contributed by atoms with van der Waals surface area (Å²) < 4.78 is 110. The lowest BCUT2D eigenvalue weighted by atomic mass is 10.2. The molecule has 0 unspecified atom stereocenters. The van der Waals surface area contributed by atoms with Crippen LogP contribution in [0.4, 0.5) is 27.8 Å². The van der Waals surface area contributed by atoms with E-state index in [1.165, 1.54) is 31.7 Å². The van der Waals surface area contributed by atoms with Crippen molar-refractivity contribution in [1.29, 1.82) is 0 Å². The molecular weight excluding hydrogens is 511 g/mol. The molecule has 0 saturated carbocycles. The SMILES string of the molecule is CCS(=O)(=O)c1nn2c(N=S(C)(C)=O)ccnc2c1-c1cnc(OCC(F)(F)C(F)(F)F)cn1. The van der Waals surface area contributed by atoms with Crippen molar-refractivity contribution in [3.8, 4) is 17.1 Å². The van der Waals surface area contributed by atoms with Crippen molar-refractivity contribution in [2.45, 2.75) is 24.0 Å². The summed E-state index contributed by atoms with van der Waals surface area (Å²) in [6, 6.07) is 1.36. The molecule has 0 radical (unpaired) electrons. The maximum atomic E-state index is 13.1. The molecule has 17 heteroatoms. The van der Waals surface area contributed by atoms with Gasteiger partial charge >= 0.3 is 12.1 Å². The van der Waals surface area contributed by atoms with Crippen LogP contribution in [0.25, 0.3) is 16.9 Å². The van der Waals surface area contributed by atoms with Gasteiger partial charge in [-0.15, -0.1) is 0 Å². The van der Waals surface area contributed by atoms with Crippen LogP contribution in [0.3, 0.4) is 0 Å². The number of ether oxygens (including phenoxy) is 1. The molecule has 0 atom stereocenters. The van der Waals surface area contributed by atoms with E-state index < -0.39 is 49.2 Å². The zero-order valence-corrected chi connectivity index (χ0v) is 19.4. The minimum Gasteiger partial charge on any atom is -0.470 e. The number of hydrogen-bond donors (Lipinski definition) is 0. The summed E-state index contributed by atoms with van der Waals surface area (Å²) >= 11 is 0. The highest BCUT2D eigenvalue weighted by atomic mass is 32.2. The van der Waals surface area contributed by atoms with E-state index in [4.69, 9.17) is 0 Å². The minimum absolute atomic E-state index is 0.0384. The van der Waals surface area contributed by atoms with Gasteiger partial charge in [0.15, 0.2) is 32.9 Å². The fourth-order valence-corrected chi connectivity index (χ4v) is 4.13. The number of halogens is 5. The molecule has 0 aliphatic carbocycles. The van der Waals surface area contributed by atoms with Gasteiger partial charge in [-0.05, 0) is 0 Å². The molecule has 34 heavy (non-hydrogen) atoms. The number of aromatic nitrogens is 5. The average Bonchev–Trinajstić information content (AvgIpc) is 3.12. The summed E-state index contributed by atoms with van der Waals surface area (Å²) in [5, 5.41) is 3.61. The van der Waals surface area contributed by atoms with Crippen LogP contribution >= 0.6 is 0 Å². The lowest BCUT2D eigenvalue weighted by Crippen LogP contribution is -2.41. The lowest BCUT2D eigenvalue weighted by Gasteiger charge is -2.19. The fourth-order valence-electron chi connectivity index (χ4n) is 2.55. The Labute approximate surface area is 190 Å². The van der Waals surface area contributed by atoms with Gasteiger partial charge in [-0.2, -0.15) is 35.9 Å². The summed E-state index contributed by atoms with van der Waals surface area (Å²) in [5.74, 6) is -6.07. The smallest absolute Gasteiger partial charge is 0.456 e. The second kappa shape index (κ2) is 8.68. The van der Waals surface area contributed by atoms with Crippen LogP contribution in [-0.2, 0) is 19.6 Å². The Kier molecular flexibility index (Phi) is 6.55. The highest BCUT2D eigenvalue weighted by molar-refractivity contribution is 7.92.